The minimum atomic E-state index is -0.770. The molecule has 0 spiro atoms. The van der Waals surface area contributed by atoms with Gasteiger partial charge in [0.15, 0.2) is 6.10 Å². The van der Waals surface area contributed by atoms with E-state index in [0.29, 0.717) is 19.3 Å². The molecule has 0 aromatic carbocycles. The Kier molecular flexibility index (Phi) is 62.6. The molecular formula is C70H128O6. The zero-order valence-electron chi connectivity index (χ0n) is 51.0. The summed E-state index contributed by atoms with van der Waals surface area (Å²) < 4.78 is 16.9. The van der Waals surface area contributed by atoms with Gasteiger partial charge in [-0.25, -0.2) is 0 Å². The number of hydrogen-bond donors (Lipinski definition) is 0. The van der Waals surface area contributed by atoms with E-state index in [1.165, 1.54) is 250 Å². The molecule has 6 heteroatoms. The molecule has 6 nitrogen and oxygen atoms in total. The number of hydrogen-bond acceptors (Lipinski definition) is 6. The van der Waals surface area contributed by atoms with E-state index in [9.17, 15) is 14.4 Å². The molecule has 0 saturated carbocycles. The zero-order chi connectivity index (χ0) is 55.0. The monoisotopic (exact) mass is 1060 g/mol. The molecule has 0 aliphatic heterocycles. The van der Waals surface area contributed by atoms with E-state index in [-0.39, 0.29) is 31.1 Å². The second-order valence-corrected chi connectivity index (χ2v) is 22.7. The van der Waals surface area contributed by atoms with Crippen molar-refractivity contribution in [2.75, 3.05) is 13.2 Å². The summed E-state index contributed by atoms with van der Waals surface area (Å²) in [5.74, 6) is -0.855. The fraction of sp³-hybridized carbons (Fsp3) is 0.843. The maximum atomic E-state index is 12.9. The second kappa shape index (κ2) is 64.9. The van der Waals surface area contributed by atoms with Crippen LogP contribution in [0.5, 0.6) is 0 Å². The van der Waals surface area contributed by atoms with Gasteiger partial charge in [0.1, 0.15) is 13.2 Å². The summed E-state index contributed by atoms with van der Waals surface area (Å²) in [5.41, 5.74) is 0. The average molecular weight is 1070 g/mol. The van der Waals surface area contributed by atoms with Crippen molar-refractivity contribution in [3.63, 3.8) is 0 Å². The molecular weight excluding hydrogens is 937 g/mol. The van der Waals surface area contributed by atoms with E-state index in [4.69, 9.17) is 14.2 Å². The van der Waals surface area contributed by atoms with E-state index in [2.05, 4.69) is 69.4 Å². The van der Waals surface area contributed by atoms with Gasteiger partial charge in [0.25, 0.3) is 0 Å². The molecule has 76 heavy (non-hydrogen) atoms. The van der Waals surface area contributed by atoms with E-state index < -0.39 is 6.10 Å². The molecule has 1 unspecified atom stereocenters. The van der Waals surface area contributed by atoms with Gasteiger partial charge in [-0.1, -0.05) is 307 Å². The van der Waals surface area contributed by atoms with Gasteiger partial charge in [-0.3, -0.25) is 14.4 Å². The van der Waals surface area contributed by atoms with Crippen molar-refractivity contribution in [2.24, 2.45) is 0 Å². The summed E-state index contributed by atoms with van der Waals surface area (Å²) in [7, 11) is 0. The van der Waals surface area contributed by atoms with Crippen LogP contribution < -0.4 is 0 Å². The van der Waals surface area contributed by atoms with Gasteiger partial charge in [0.2, 0.25) is 0 Å². The van der Waals surface area contributed by atoms with Crippen molar-refractivity contribution in [3.05, 3.63) is 48.6 Å². The smallest absolute Gasteiger partial charge is 0.306 e. The Balaban J connectivity index is 4.06. The van der Waals surface area contributed by atoms with Crippen molar-refractivity contribution in [2.45, 2.75) is 367 Å². The van der Waals surface area contributed by atoms with Crippen LogP contribution in [0.3, 0.4) is 0 Å². The molecule has 0 aliphatic rings. The van der Waals surface area contributed by atoms with Crippen LogP contribution >= 0.6 is 0 Å². The first-order valence-electron chi connectivity index (χ1n) is 33.6. The van der Waals surface area contributed by atoms with Gasteiger partial charge < -0.3 is 14.2 Å². The zero-order valence-corrected chi connectivity index (χ0v) is 51.0. The first-order valence-corrected chi connectivity index (χ1v) is 33.6. The Morgan fingerprint density at radius 1 is 0.263 bits per heavy atom. The molecule has 0 amide bonds. The van der Waals surface area contributed by atoms with Gasteiger partial charge in [-0.2, -0.15) is 0 Å². The average Bonchev–Trinajstić information content (AvgIpc) is 3.42. The van der Waals surface area contributed by atoms with E-state index in [0.717, 1.165) is 70.6 Å². The number of allylic oxidation sites excluding steroid dienone is 8. The van der Waals surface area contributed by atoms with Crippen molar-refractivity contribution < 1.29 is 28.6 Å². The second-order valence-electron chi connectivity index (χ2n) is 22.7. The normalized spacial score (nSPS) is 12.3. The van der Waals surface area contributed by atoms with Crippen LogP contribution in [0, 0.1) is 0 Å². The van der Waals surface area contributed by atoms with E-state index in [1.807, 2.05) is 0 Å². The molecule has 0 radical (unpaired) electrons. The Hall–Kier alpha value is -2.63. The Morgan fingerprint density at radius 2 is 0.474 bits per heavy atom. The van der Waals surface area contributed by atoms with E-state index in [1.54, 1.807) is 0 Å². The van der Waals surface area contributed by atoms with E-state index >= 15 is 0 Å². The van der Waals surface area contributed by atoms with Crippen LogP contribution in [0.1, 0.15) is 361 Å². The lowest BCUT2D eigenvalue weighted by molar-refractivity contribution is -0.167. The third-order valence-corrected chi connectivity index (χ3v) is 15.1. The lowest BCUT2D eigenvalue weighted by atomic mass is 10.0. The van der Waals surface area contributed by atoms with Gasteiger partial charge in [0, 0.05) is 19.3 Å². The highest BCUT2D eigenvalue weighted by Gasteiger charge is 2.19. The highest BCUT2D eigenvalue weighted by atomic mass is 16.6. The number of unbranched alkanes of at least 4 members (excludes halogenated alkanes) is 43. The Bertz CT molecular complexity index is 1310. The first kappa shape index (κ1) is 73.4. The number of carbonyl (C=O) groups excluding carboxylic acids is 3. The maximum Gasteiger partial charge on any atom is 0.306 e. The van der Waals surface area contributed by atoms with Gasteiger partial charge in [-0.05, 0) is 83.5 Å². The lowest BCUT2D eigenvalue weighted by Gasteiger charge is -2.18. The standard InChI is InChI=1S/C70H128O6/c1-4-7-10-13-16-19-21-23-25-27-29-30-31-32-33-34-35-36-37-38-39-40-42-43-45-47-49-51-54-57-60-63-69(72)75-66-67(65-74-68(71)62-59-56-53-18-15-12-9-6-3)76-70(73)64-61-58-55-52-50-48-46-44-41-28-26-24-22-20-17-14-11-8-5-2/h21,23-24,26-27,29,31-32,67H,4-20,22,25,28,30,33-66H2,1-3H3/b23-21-,26-24-,29-27-,32-31-. The number of ether oxygens (including phenoxy) is 3. The summed E-state index contributed by atoms with van der Waals surface area (Å²) in [6, 6.07) is 0. The maximum absolute atomic E-state index is 12.9. The largest absolute Gasteiger partial charge is 0.462 e. The van der Waals surface area contributed by atoms with Crippen LogP contribution in [0.25, 0.3) is 0 Å². The van der Waals surface area contributed by atoms with Crippen LogP contribution in [-0.4, -0.2) is 37.2 Å². The van der Waals surface area contributed by atoms with Crippen LogP contribution in [-0.2, 0) is 28.6 Å². The Morgan fingerprint density at radius 3 is 0.750 bits per heavy atom. The predicted octanol–water partition coefficient (Wildman–Crippen LogP) is 22.9. The first-order chi connectivity index (χ1) is 37.5. The minimum Gasteiger partial charge on any atom is -0.462 e. The molecule has 0 fully saturated rings. The molecule has 0 heterocycles. The minimum absolute atomic E-state index is 0.0695. The number of esters is 3. The highest BCUT2D eigenvalue weighted by molar-refractivity contribution is 5.71. The highest BCUT2D eigenvalue weighted by Crippen LogP contribution is 2.17. The number of carbonyl (C=O) groups is 3. The number of rotatable bonds is 62. The van der Waals surface area contributed by atoms with Crippen molar-refractivity contribution in [3.8, 4) is 0 Å². The quantitative estimate of drug-likeness (QED) is 0.0261. The third kappa shape index (κ3) is 62.2. The summed E-state index contributed by atoms with van der Waals surface area (Å²) in [5, 5.41) is 0. The van der Waals surface area contributed by atoms with Crippen molar-refractivity contribution in [1.29, 1.82) is 0 Å². The van der Waals surface area contributed by atoms with Crippen LogP contribution in [0.15, 0.2) is 48.6 Å². The van der Waals surface area contributed by atoms with Gasteiger partial charge in [-0.15, -0.1) is 0 Å². The molecule has 0 aliphatic carbocycles. The summed E-state index contributed by atoms with van der Waals surface area (Å²) >= 11 is 0. The van der Waals surface area contributed by atoms with Crippen molar-refractivity contribution in [1.82, 2.24) is 0 Å². The van der Waals surface area contributed by atoms with Crippen LogP contribution in [0.2, 0.25) is 0 Å². The van der Waals surface area contributed by atoms with Crippen LogP contribution in [0.4, 0.5) is 0 Å². The van der Waals surface area contributed by atoms with Gasteiger partial charge in [0.05, 0.1) is 0 Å². The van der Waals surface area contributed by atoms with Crippen molar-refractivity contribution >= 4 is 17.9 Å². The topological polar surface area (TPSA) is 78.9 Å². The SMILES string of the molecule is CCCCCCC/C=C\C/C=C\C/C=C\CCCCCCCCCCCCCCCCCCC(=O)OCC(COC(=O)CCCCCCCCCC)OC(=O)CCCCCCCCCCC/C=C\CCCCCCCC. The molecule has 0 bridgehead atoms. The molecule has 0 N–H and O–H groups in total. The van der Waals surface area contributed by atoms with Gasteiger partial charge >= 0.3 is 17.9 Å². The molecule has 0 saturated heterocycles. The predicted molar refractivity (Wildman–Crippen MR) is 330 cm³/mol. The molecule has 0 aromatic heterocycles. The molecule has 1 atom stereocenters. The summed E-state index contributed by atoms with van der Waals surface area (Å²) in [6.45, 7) is 6.64. The lowest BCUT2D eigenvalue weighted by Crippen LogP contribution is -2.30. The summed E-state index contributed by atoms with van der Waals surface area (Å²) in [6.07, 6.45) is 81.5. The fourth-order valence-corrected chi connectivity index (χ4v) is 9.98. The fourth-order valence-electron chi connectivity index (χ4n) is 9.98. The summed E-state index contributed by atoms with van der Waals surface area (Å²) in [4.78, 5) is 38.2. The third-order valence-electron chi connectivity index (χ3n) is 15.1. The Labute approximate surface area is 473 Å². The molecule has 444 valence electrons. The molecule has 0 rings (SSSR count). The molecule has 0 aromatic rings.